The molecule has 0 bridgehead atoms. The fourth-order valence-corrected chi connectivity index (χ4v) is 6.49. The number of hydrogen-bond acceptors (Lipinski definition) is 6. The molecule has 3 aromatic rings. The summed E-state index contributed by atoms with van der Waals surface area (Å²) in [6, 6.07) is 19.5. The lowest BCUT2D eigenvalue weighted by molar-refractivity contribution is -0.135. The van der Waals surface area contributed by atoms with Crippen LogP contribution >= 0.6 is 0 Å². The van der Waals surface area contributed by atoms with Crippen molar-refractivity contribution in [2.75, 3.05) is 9.44 Å². The second kappa shape index (κ2) is 9.51. The van der Waals surface area contributed by atoms with Gasteiger partial charge >= 0.3 is 0 Å². The summed E-state index contributed by atoms with van der Waals surface area (Å²) in [7, 11) is -7.99. The highest BCUT2D eigenvalue weighted by molar-refractivity contribution is 7.93. The van der Waals surface area contributed by atoms with Gasteiger partial charge in [-0.15, -0.1) is 0 Å². The molecule has 0 aliphatic heterocycles. The summed E-state index contributed by atoms with van der Waals surface area (Å²) >= 11 is 0. The van der Waals surface area contributed by atoms with E-state index in [1.165, 1.54) is 42.5 Å². The van der Waals surface area contributed by atoms with Crippen LogP contribution in [-0.4, -0.2) is 28.4 Å². The summed E-state index contributed by atoms with van der Waals surface area (Å²) in [6.45, 7) is 3.64. The Bertz CT molecular complexity index is 1500. The zero-order valence-corrected chi connectivity index (χ0v) is 21.4. The molecule has 0 spiro atoms. The van der Waals surface area contributed by atoms with E-state index in [4.69, 9.17) is 0 Å². The van der Waals surface area contributed by atoms with Crippen LogP contribution in [0.2, 0.25) is 0 Å². The summed E-state index contributed by atoms with van der Waals surface area (Å²) in [6.07, 6.45) is 0.266. The minimum Gasteiger partial charge on any atom is -0.298 e. The summed E-state index contributed by atoms with van der Waals surface area (Å²) < 4.78 is 56.6. The third kappa shape index (κ3) is 5.50. The minimum atomic E-state index is -4.03. The van der Waals surface area contributed by atoms with E-state index < -0.39 is 31.4 Å². The Labute approximate surface area is 210 Å². The summed E-state index contributed by atoms with van der Waals surface area (Å²) in [5.41, 5.74) is -0.274. The molecule has 0 amide bonds. The number of carbonyl (C=O) groups excluding carboxylic acids is 2. The molecule has 10 heteroatoms. The Morgan fingerprint density at radius 2 is 1.17 bits per heavy atom. The lowest BCUT2D eigenvalue weighted by Crippen LogP contribution is -2.36. The standard InChI is InChI=1S/C26H26N2O6S2/c1-26(2)16-23(29)25(24(30)17-26)21-15-18(27-35(31,32)19-9-5-3-6-10-19)13-14-22(21)28-36(33,34)20-11-7-4-8-12-20/h3-15,25,27-28H,16-17H2,1-2H3. The van der Waals surface area contributed by atoms with Gasteiger partial charge in [-0.05, 0) is 53.4 Å². The number of rotatable bonds is 7. The molecule has 4 rings (SSSR count). The van der Waals surface area contributed by atoms with Gasteiger partial charge in [0.25, 0.3) is 20.0 Å². The van der Waals surface area contributed by atoms with Crippen LogP contribution < -0.4 is 9.44 Å². The molecule has 0 radical (unpaired) electrons. The first-order chi connectivity index (χ1) is 16.9. The highest BCUT2D eigenvalue weighted by atomic mass is 32.2. The maximum absolute atomic E-state index is 13.1. The van der Waals surface area contributed by atoms with Gasteiger partial charge in [0, 0.05) is 18.5 Å². The van der Waals surface area contributed by atoms with Gasteiger partial charge < -0.3 is 0 Å². The molecular formula is C26H26N2O6S2. The first-order valence-electron chi connectivity index (χ1n) is 11.2. The molecule has 2 N–H and O–H groups in total. The number of carbonyl (C=O) groups is 2. The van der Waals surface area contributed by atoms with Gasteiger partial charge in [0.2, 0.25) is 0 Å². The maximum Gasteiger partial charge on any atom is 0.261 e. The van der Waals surface area contributed by atoms with Crippen LogP contribution in [0.5, 0.6) is 0 Å². The topological polar surface area (TPSA) is 126 Å². The number of ketones is 2. The van der Waals surface area contributed by atoms with E-state index in [0.717, 1.165) is 0 Å². The molecule has 1 aliphatic rings. The van der Waals surface area contributed by atoms with Crippen molar-refractivity contribution in [2.24, 2.45) is 5.41 Å². The second-order valence-corrected chi connectivity index (χ2v) is 12.9. The summed E-state index contributed by atoms with van der Waals surface area (Å²) in [5.74, 6) is -1.91. The van der Waals surface area contributed by atoms with E-state index in [-0.39, 0.29) is 51.1 Å². The van der Waals surface area contributed by atoms with Gasteiger partial charge in [0.1, 0.15) is 17.5 Å². The van der Waals surface area contributed by atoms with E-state index in [9.17, 15) is 26.4 Å². The Morgan fingerprint density at radius 3 is 1.67 bits per heavy atom. The lowest BCUT2D eigenvalue weighted by Gasteiger charge is -2.33. The van der Waals surface area contributed by atoms with Crippen molar-refractivity contribution >= 4 is 43.0 Å². The average Bonchev–Trinajstić information content (AvgIpc) is 2.80. The zero-order chi connectivity index (χ0) is 26.1. The van der Waals surface area contributed by atoms with Gasteiger partial charge in [-0.2, -0.15) is 0 Å². The third-order valence-electron chi connectivity index (χ3n) is 5.92. The normalized spacial score (nSPS) is 16.5. The quantitative estimate of drug-likeness (QED) is 0.441. The largest absolute Gasteiger partial charge is 0.298 e. The van der Waals surface area contributed by atoms with Gasteiger partial charge in [-0.3, -0.25) is 19.0 Å². The first kappa shape index (κ1) is 25.6. The molecule has 0 saturated heterocycles. The third-order valence-corrected chi connectivity index (χ3v) is 8.69. The van der Waals surface area contributed by atoms with Gasteiger partial charge in [0.05, 0.1) is 15.5 Å². The molecule has 188 valence electrons. The fraction of sp³-hybridized carbons (Fsp3) is 0.231. The Balaban J connectivity index is 1.78. The van der Waals surface area contributed by atoms with E-state index >= 15 is 0 Å². The average molecular weight is 527 g/mol. The van der Waals surface area contributed by atoms with Crippen LogP contribution in [0.25, 0.3) is 0 Å². The van der Waals surface area contributed by atoms with Crippen molar-refractivity contribution in [3.63, 3.8) is 0 Å². The number of anilines is 2. The van der Waals surface area contributed by atoms with Gasteiger partial charge in [0.15, 0.2) is 0 Å². The summed E-state index contributed by atoms with van der Waals surface area (Å²) in [4.78, 5) is 26.2. The number of benzene rings is 3. The van der Waals surface area contributed by atoms with Crippen molar-refractivity contribution in [3.8, 4) is 0 Å². The smallest absolute Gasteiger partial charge is 0.261 e. The maximum atomic E-state index is 13.1. The molecule has 0 heterocycles. The highest BCUT2D eigenvalue weighted by Gasteiger charge is 2.41. The molecule has 8 nitrogen and oxygen atoms in total. The van der Waals surface area contributed by atoms with Crippen LogP contribution in [-0.2, 0) is 29.6 Å². The number of sulfonamides is 2. The van der Waals surface area contributed by atoms with Crippen LogP contribution in [0.4, 0.5) is 11.4 Å². The number of Topliss-reactive ketones (excluding diaryl/α,β-unsaturated/α-hetero) is 2. The predicted molar refractivity (Wildman–Crippen MR) is 137 cm³/mol. The summed E-state index contributed by atoms with van der Waals surface area (Å²) in [5, 5.41) is 0. The molecule has 1 aliphatic carbocycles. The molecule has 0 unspecified atom stereocenters. The molecule has 1 saturated carbocycles. The SMILES string of the molecule is CC1(C)CC(=O)C(c2cc(NS(=O)(=O)c3ccccc3)ccc2NS(=O)(=O)c2ccccc2)C(=O)C1. The number of nitrogens with one attached hydrogen (secondary N) is 2. The fourth-order valence-electron chi connectivity index (χ4n) is 4.31. The van der Waals surface area contributed by atoms with E-state index in [1.807, 2.05) is 13.8 Å². The second-order valence-electron chi connectivity index (χ2n) is 9.52. The minimum absolute atomic E-state index is 0.00670. The van der Waals surface area contributed by atoms with Crippen LogP contribution in [0.1, 0.15) is 38.2 Å². The first-order valence-corrected chi connectivity index (χ1v) is 14.2. The number of hydrogen-bond donors (Lipinski definition) is 2. The van der Waals surface area contributed by atoms with Crippen LogP contribution in [0.15, 0.2) is 88.7 Å². The van der Waals surface area contributed by atoms with Crippen molar-refractivity contribution in [3.05, 3.63) is 84.4 Å². The van der Waals surface area contributed by atoms with Crippen LogP contribution in [0.3, 0.4) is 0 Å². The molecule has 1 fully saturated rings. The highest BCUT2D eigenvalue weighted by Crippen LogP contribution is 2.41. The lowest BCUT2D eigenvalue weighted by atomic mass is 9.69. The van der Waals surface area contributed by atoms with Crippen molar-refractivity contribution in [2.45, 2.75) is 42.4 Å². The zero-order valence-electron chi connectivity index (χ0n) is 19.8. The Morgan fingerprint density at radius 1 is 0.694 bits per heavy atom. The van der Waals surface area contributed by atoms with Gasteiger partial charge in [-0.1, -0.05) is 50.2 Å². The monoisotopic (exact) mass is 526 g/mol. The van der Waals surface area contributed by atoms with Crippen molar-refractivity contribution < 1.29 is 26.4 Å². The van der Waals surface area contributed by atoms with Crippen molar-refractivity contribution in [1.82, 2.24) is 0 Å². The molecule has 36 heavy (non-hydrogen) atoms. The van der Waals surface area contributed by atoms with E-state index in [1.54, 1.807) is 36.4 Å². The van der Waals surface area contributed by atoms with Crippen molar-refractivity contribution in [1.29, 1.82) is 0 Å². The predicted octanol–water partition coefficient (Wildman–Crippen LogP) is 4.33. The Hall–Kier alpha value is -3.50. The molecule has 0 atom stereocenters. The van der Waals surface area contributed by atoms with E-state index in [2.05, 4.69) is 9.44 Å². The van der Waals surface area contributed by atoms with Gasteiger partial charge in [-0.25, -0.2) is 16.8 Å². The molecular weight excluding hydrogens is 500 g/mol. The Kier molecular flexibility index (Phi) is 6.76. The van der Waals surface area contributed by atoms with Crippen LogP contribution in [0, 0.1) is 5.41 Å². The molecule has 0 aromatic heterocycles. The van der Waals surface area contributed by atoms with E-state index in [0.29, 0.717) is 0 Å². The molecule has 3 aromatic carbocycles.